The molecule has 7 heteroatoms. The highest BCUT2D eigenvalue weighted by molar-refractivity contribution is 5.91. The molecule has 0 fully saturated rings. The third kappa shape index (κ3) is 5.39. The van der Waals surface area contributed by atoms with E-state index in [0.717, 1.165) is 0 Å². The van der Waals surface area contributed by atoms with Gasteiger partial charge in [0, 0.05) is 25.9 Å². The van der Waals surface area contributed by atoms with Crippen molar-refractivity contribution in [1.82, 2.24) is 5.32 Å². The lowest BCUT2D eigenvalue weighted by atomic mass is 10.2. The van der Waals surface area contributed by atoms with E-state index in [4.69, 9.17) is 9.84 Å². The van der Waals surface area contributed by atoms with Crippen molar-refractivity contribution in [2.75, 3.05) is 25.1 Å². The predicted molar refractivity (Wildman–Crippen MR) is 75.9 cm³/mol. The number of ether oxygens (including phenoxy) is 1. The number of rotatable bonds is 7. The topological polar surface area (TPSA) is 78.9 Å². The number of anilines is 1. The maximum absolute atomic E-state index is 12.9. The lowest BCUT2D eigenvalue weighted by Gasteiger charge is -2.23. The van der Waals surface area contributed by atoms with Gasteiger partial charge >= 0.3 is 12.0 Å². The van der Waals surface area contributed by atoms with Gasteiger partial charge in [-0.05, 0) is 31.2 Å². The zero-order valence-electron chi connectivity index (χ0n) is 12.0. The highest BCUT2D eigenvalue weighted by Gasteiger charge is 2.17. The highest BCUT2D eigenvalue weighted by Crippen LogP contribution is 2.14. The molecular formula is C14H19FN2O4. The summed E-state index contributed by atoms with van der Waals surface area (Å²) < 4.78 is 17.9. The molecule has 0 radical (unpaired) electrons. The van der Waals surface area contributed by atoms with Crippen molar-refractivity contribution < 1.29 is 23.8 Å². The highest BCUT2D eigenvalue weighted by atomic mass is 19.1. The molecule has 0 aliphatic rings. The Morgan fingerprint density at radius 1 is 1.38 bits per heavy atom. The summed E-state index contributed by atoms with van der Waals surface area (Å²) in [4.78, 5) is 24.1. The van der Waals surface area contributed by atoms with E-state index >= 15 is 0 Å². The van der Waals surface area contributed by atoms with E-state index in [1.54, 1.807) is 6.92 Å². The van der Waals surface area contributed by atoms with Crippen molar-refractivity contribution in [3.05, 3.63) is 30.1 Å². The second kappa shape index (κ2) is 8.21. The summed E-state index contributed by atoms with van der Waals surface area (Å²) in [5.41, 5.74) is 0.559. The zero-order chi connectivity index (χ0) is 15.8. The number of carbonyl (C=O) groups is 2. The van der Waals surface area contributed by atoms with Gasteiger partial charge in [0.1, 0.15) is 5.82 Å². The monoisotopic (exact) mass is 298 g/mol. The standard InChI is InChI=1S/C14H19FN2O4/c1-3-17(11-6-4-10(15)5-7-11)14(20)16-9-12(21-2)8-13(18)19/h4-7,12H,3,8-9H2,1-2H3,(H,16,20)(H,18,19). The molecule has 116 valence electrons. The maximum atomic E-state index is 12.9. The quantitative estimate of drug-likeness (QED) is 0.805. The molecule has 21 heavy (non-hydrogen) atoms. The average Bonchev–Trinajstić information content (AvgIpc) is 2.45. The zero-order valence-corrected chi connectivity index (χ0v) is 12.0. The molecule has 1 atom stereocenters. The second-order valence-electron chi connectivity index (χ2n) is 4.36. The number of nitrogens with one attached hydrogen (secondary N) is 1. The number of carboxylic acid groups (broad SMARTS) is 1. The summed E-state index contributed by atoms with van der Waals surface area (Å²) in [5, 5.41) is 11.3. The minimum Gasteiger partial charge on any atom is -0.481 e. The molecule has 0 aliphatic heterocycles. The van der Waals surface area contributed by atoms with Crippen LogP contribution in [0.3, 0.4) is 0 Å². The van der Waals surface area contributed by atoms with Gasteiger partial charge < -0.3 is 15.2 Å². The molecule has 0 saturated heterocycles. The molecule has 1 aromatic rings. The third-order valence-electron chi connectivity index (χ3n) is 2.92. The van der Waals surface area contributed by atoms with Crippen LogP contribution in [0.15, 0.2) is 24.3 Å². The number of methoxy groups -OCH3 is 1. The molecule has 0 heterocycles. The van der Waals surface area contributed by atoms with Gasteiger partial charge in [-0.3, -0.25) is 9.69 Å². The minimum absolute atomic E-state index is 0.0827. The summed E-state index contributed by atoms with van der Waals surface area (Å²) in [5.74, 6) is -1.38. The second-order valence-corrected chi connectivity index (χ2v) is 4.36. The van der Waals surface area contributed by atoms with Gasteiger partial charge in [-0.25, -0.2) is 9.18 Å². The number of halogens is 1. The van der Waals surface area contributed by atoms with E-state index in [0.29, 0.717) is 12.2 Å². The Morgan fingerprint density at radius 2 is 2.00 bits per heavy atom. The van der Waals surface area contributed by atoms with E-state index in [1.165, 1.54) is 36.3 Å². The van der Waals surface area contributed by atoms with Crippen LogP contribution in [0.25, 0.3) is 0 Å². The fourth-order valence-corrected chi connectivity index (χ4v) is 1.79. The van der Waals surface area contributed by atoms with Crippen LogP contribution in [0.1, 0.15) is 13.3 Å². The third-order valence-corrected chi connectivity index (χ3v) is 2.92. The Bertz CT molecular complexity index is 478. The molecule has 0 saturated carbocycles. The summed E-state index contributed by atoms with van der Waals surface area (Å²) in [6.07, 6.45) is -0.794. The van der Waals surface area contributed by atoms with Crippen LogP contribution in [-0.4, -0.2) is 43.4 Å². The van der Waals surface area contributed by atoms with E-state index in [9.17, 15) is 14.0 Å². The molecule has 1 unspecified atom stereocenters. The Morgan fingerprint density at radius 3 is 2.48 bits per heavy atom. The number of urea groups is 1. The molecular weight excluding hydrogens is 279 g/mol. The summed E-state index contributed by atoms with van der Waals surface area (Å²) in [7, 11) is 1.39. The van der Waals surface area contributed by atoms with Crippen molar-refractivity contribution in [3.8, 4) is 0 Å². The van der Waals surface area contributed by atoms with Gasteiger partial charge in [0.25, 0.3) is 0 Å². The number of amides is 2. The Hall–Kier alpha value is -2.15. The summed E-state index contributed by atoms with van der Waals surface area (Å²) in [6.45, 7) is 2.27. The first-order valence-corrected chi connectivity index (χ1v) is 6.53. The Balaban J connectivity index is 2.63. The number of carbonyl (C=O) groups excluding carboxylic acids is 1. The fraction of sp³-hybridized carbons (Fsp3) is 0.429. The molecule has 0 aromatic heterocycles. The fourth-order valence-electron chi connectivity index (χ4n) is 1.79. The van der Waals surface area contributed by atoms with Crippen LogP contribution < -0.4 is 10.2 Å². The van der Waals surface area contributed by atoms with E-state index in [2.05, 4.69) is 5.32 Å². The maximum Gasteiger partial charge on any atom is 0.321 e. The van der Waals surface area contributed by atoms with Crippen LogP contribution in [-0.2, 0) is 9.53 Å². The first-order valence-electron chi connectivity index (χ1n) is 6.53. The minimum atomic E-state index is -0.998. The lowest BCUT2D eigenvalue weighted by Crippen LogP contribution is -2.43. The Labute approximate surface area is 122 Å². The lowest BCUT2D eigenvalue weighted by molar-refractivity contribution is -0.139. The van der Waals surface area contributed by atoms with Gasteiger partial charge in [-0.2, -0.15) is 0 Å². The molecule has 0 bridgehead atoms. The van der Waals surface area contributed by atoms with Crippen molar-refractivity contribution in [1.29, 1.82) is 0 Å². The molecule has 0 aliphatic carbocycles. The normalized spacial score (nSPS) is 11.8. The van der Waals surface area contributed by atoms with E-state index < -0.39 is 18.1 Å². The smallest absolute Gasteiger partial charge is 0.321 e. The first kappa shape index (κ1) is 16.9. The first-order chi connectivity index (χ1) is 9.97. The number of nitrogens with zero attached hydrogens (tertiary/aromatic N) is 1. The van der Waals surface area contributed by atoms with Crippen molar-refractivity contribution >= 4 is 17.7 Å². The van der Waals surface area contributed by atoms with Crippen LogP contribution in [0.2, 0.25) is 0 Å². The van der Waals surface area contributed by atoms with Gasteiger partial charge in [0.2, 0.25) is 0 Å². The van der Waals surface area contributed by atoms with Gasteiger partial charge in [0.15, 0.2) is 0 Å². The number of aliphatic carboxylic acids is 1. The molecule has 0 spiro atoms. The van der Waals surface area contributed by atoms with E-state index in [1.807, 2.05) is 0 Å². The Kier molecular flexibility index (Phi) is 6.61. The van der Waals surface area contributed by atoms with Crippen LogP contribution in [0.5, 0.6) is 0 Å². The number of benzene rings is 1. The molecule has 1 aromatic carbocycles. The summed E-state index contributed by atoms with van der Waals surface area (Å²) >= 11 is 0. The average molecular weight is 298 g/mol. The van der Waals surface area contributed by atoms with Crippen LogP contribution in [0, 0.1) is 5.82 Å². The SMILES string of the molecule is CCN(C(=O)NCC(CC(=O)O)OC)c1ccc(F)cc1. The molecule has 1 rings (SSSR count). The largest absolute Gasteiger partial charge is 0.481 e. The number of hydrogen-bond acceptors (Lipinski definition) is 3. The predicted octanol–water partition coefficient (Wildman–Crippen LogP) is 1.85. The van der Waals surface area contributed by atoms with Crippen LogP contribution in [0.4, 0.5) is 14.9 Å². The van der Waals surface area contributed by atoms with Crippen molar-refractivity contribution in [2.24, 2.45) is 0 Å². The molecule has 6 nitrogen and oxygen atoms in total. The molecule has 2 N–H and O–H groups in total. The van der Waals surface area contributed by atoms with E-state index in [-0.39, 0.29) is 18.8 Å². The van der Waals surface area contributed by atoms with Crippen molar-refractivity contribution in [2.45, 2.75) is 19.4 Å². The van der Waals surface area contributed by atoms with Gasteiger partial charge in [-0.15, -0.1) is 0 Å². The van der Waals surface area contributed by atoms with Crippen molar-refractivity contribution in [3.63, 3.8) is 0 Å². The number of hydrogen-bond donors (Lipinski definition) is 2. The molecule has 2 amide bonds. The van der Waals surface area contributed by atoms with Gasteiger partial charge in [0.05, 0.1) is 12.5 Å². The van der Waals surface area contributed by atoms with Crippen LogP contribution >= 0.6 is 0 Å². The number of carboxylic acids is 1. The summed E-state index contributed by atoms with van der Waals surface area (Å²) in [6, 6.07) is 5.16. The van der Waals surface area contributed by atoms with Gasteiger partial charge in [-0.1, -0.05) is 0 Å².